The second-order valence-corrected chi connectivity index (χ2v) is 5.39. The van der Waals surface area contributed by atoms with Crippen LogP contribution in [-0.2, 0) is 4.79 Å². The Hall–Kier alpha value is -0.290. The van der Waals surface area contributed by atoms with Crippen molar-refractivity contribution in [1.29, 1.82) is 0 Å². The SMILES string of the molecule is NC(=S)CC(=O)N1CC2CC1CS2. The first-order valence-corrected chi connectivity index (χ1v) is 5.82. The van der Waals surface area contributed by atoms with Crippen molar-refractivity contribution in [3.05, 3.63) is 0 Å². The number of hydrogen-bond acceptors (Lipinski definition) is 3. The molecule has 0 spiro atoms. The van der Waals surface area contributed by atoms with Crippen LogP contribution in [0.4, 0.5) is 0 Å². The molecule has 3 nitrogen and oxygen atoms in total. The highest BCUT2D eigenvalue weighted by Gasteiger charge is 2.40. The zero-order chi connectivity index (χ0) is 9.42. The fourth-order valence-corrected chi connectivity index (χ4v) is 3.51. The molecular formula is C8H12N2OS2. The highest BCUT2D eigenvalue weighted by atomic mass is 32.2. The van der Waals surface area contributed by atoms with Crippen molar-refractivity contribution in [2.45, 2.75) is 24.1 Å². The van der Waals surface area contributed by atoms with Crippen LogP contribution in [-0.4, -0.2) is 39.4 Å². The van der Waals surface area contributed by atoms with Gasteiger partial charge in [0.05, 0.1) is 11.4 Å². The molecule has 2 aliphatic rings. The van der Waals surface area contributed by atoms with Gasteiger partial charge in [-0.15, -0.1) is 0 Å². The number of fused-ring (bicyclic) bond motifs is 2. The molecule has 2 fully saturated rings. The van der Waals surface area contributed by atoms with Crippen molar-refractivity contribution >= 4 is 34.9 Å². The van der Waals surface area contributed by atoms with Gasteiger partial charge in [0.1, 0.15) is 0 Å². The quantitative estimate of drug-likeness (QED) is 0.678. The Morgan fingerprint density at radius 3 is 2.92 bits per heavy atom. The minimum atomic E-state index is 0.111. The second kappa shape index (κ2) is 3.46. The second-order valence-electron chi connectivity index (χ2n) is 3.53. The van der Waals surface area contributed by atoms with E-state index in [1.165, 1.54) is 0 Å². The van der Waals surface area contributed by atoms with Gasteiger partial charge in [-0.1, -0.05) is 12.2 Å². The average Bonchev–Trinajstić information content (AvgIpc) is 2.62. The Morgan fingerprint density at radius 1 is 1.69 bits per heavy atom. The van der Waals surface area contributed by atoms with E-state index in [2.05, 4.69) is 0 Å². The number of thiocarbonyl (C=S) groups is 1. The molecule has 2 bridgehead atoms. The smallest absolute Gasteiger partial charge is 0.229 e. The number of hydrogen-bond donors (Lipinski definition) is 1. The normalized spacial score (nSPS) is 30.9. The lowest BCUT2D eigenvalue weighted by Gasteiger charge is -2.26. The largest absolute Gasteiger partial charge is 0.393 e. The highest BCUT2D eigenvalue weighted by Crippen LogP contribution is 2.37. The zero-order valence-corrected chi connectivity index (χ0v) is 8.87. The summed E-state index contributed by atoms with van der Waals surface area (Å²) < 4.78 is 0. The highest BCUT2D eigenvalue weighted by molar-refractivity contribution is 8.00. The molecule has 5 heteroatoms. The van der Waals surface area contributed by atoms with E-state index in [-0.39, 0.29) is 12.3 Å². The summed E-state index contributed by atoms with van der Waals surface area (Å²) in [4.78, 5) is 13.8. The van der Waals surface area contributed by atoms with E-state index in [1.807, 2.05) is 16.7 Å². The number of nitrogens with two attached hydrogens (primary N) is 1. The maximum absolute atomic E-state index is 11.6. The number of likely N-dealkylation sites (tertiary alicyclic amines) is 1. The summed E-state index contributed by atoms with van der Waals surface area (Å²) >= 11 is 6.69. The Kier molecular flexibility index (Phi) is 2.47. The van der Waals surface area contributed by atoms with Gasteiger partial charge < -0.3 is 10.6 Å². The molecule has 0 aromatic rings. The minimum absolute atomic E-state index is 0.111. The predicted molar refractivity (Wildman–Crippen MR) is 57.8 cm³/mol. The van der Waals surface area contributed by atoms with Crippen LogP contribution in [0.25, 0.3) is 0 Å². The summed E-state index contributed by atoms with van der Waals surface area (Å²) in [5.41, 5.74) is 5.34. The van der Waals surface area contributed by atoms with Gasteiger partial charge in [-0.05, 0) is 6.42 Å². The van der Waals surface area contributed by atoms with Crippen molar-refractivity contribution in [2.75, 3.05) is 12.3 Å². The third-order valence-corrected chi connectivity index (χ3v) is 4.08. The van der Waals surface area contributed by atoms with Gasteiger partial charge in [0.25, 0.3) is 0 Å². The number of nitrogens with zero attached hydrogens (tertiary/aromatic N) is 1. The first-order chi connectivity index (χ1) is 6.16. The lowest BCUT2D eigenvalue weighted by Crippen LogP contribution is -2.40. The monoisotopic (exact) mass is 216 g/mol. The van der Waals surface area contributed by atoms with Crippen LogP contribution in [0.5, 0.6) is 0 Å². The molecule has 0 radical (unpaired) electrons. The molecule has 2 heterocycles. The summed E-state index contributed by atoms with van der Waals surface area (Å²) in [5.74, 6) is 1.20. The number of rotatable bonds is 2. The molecule has 0 aliphatic carbocycles. The standard InChI is InChI=1S/C8H12N2OS2/c9-7(12)2-8(11)10-3-6-1-5(10)4-13-6/h5-6H,1-4H2,(H2,9,12). The third-order valence-electron chi connectivity index (χ3n) is 2.55. The van der Waals surface area contributed by atoms with Crippen LogP contribution in [0.1, 0.15) is 12.8 Å². The van der Waals surface area contributed by atoms with Gasteiger partial charge >= 0.3 is 0 Å². The summed E-state index contributed by atoms with van der Waals surface area (Å²) in [6.07, 6.45) is 1.40. The number of amides is 1. The van der Waals surface area contributed by atoms with E-state index in [0.29, 0.717) is 16.3 Å². The third kappa shape index (κ3) is 1.81. The molecule has 0 aromatic heterocycles. The van der Waals surface area contributed by atoms with Crippen LogP contribution in [0.2, 0.25) is 0 Å². The van der Waals surface area contributed by atoms with E-state index >= 15 is 0 Å². The molecule has 0 aromatic carbocycles. The summed E-state index contributed by atoms with van der Waals surface area (Å²) in [6, 6.07) is 0.455. The van der Waals surface area contributed by atoms with Crippen molar-refractivity contribution < 1.29 is 4.79 Å². The van der Waals surface area contributed by atoms with Gasteiger partial charge in [0, 0.05) is 23.6 Å². The Bertz CT molecular complexity index is 257. The van der Waals surface area contributed by atoms with Crippen molar-refractivity contribution in [2.24, 2.45) is 5.73 Å². The molecule has 2 aliphatic heterocycles. The molecule has 1 amide bonds. The lowest BCUT2D eigenvalue weighted by atomic mass is 10.2. The average molecular weight is 216 g/mol. The molecule has 2 N–H and O–H groups in total. The molecule has 13 heavy (non-hydrogen) atoms. The molecule has 72 valence electrons. The van der Waals surface area contributed by atoms with Crippen molar-refractivity contribution in [3.63, 3.8) is 0 Å². The first kappa shape index (κ1) is 9.27. The van der Waals surface area contributed by atoms with Crippen LogP contribution in [0.15, 0.2) is 0 Å². The first-order valence-electron chi connectivity index (χ1n) is 4.36. The van der Waals surface area contributed by atoms with Crippen molar-refractivity contribution in [3.8, 4) is 0 Å². The van der Waals surface area contributed by atoms with E-state index in [9.17, 15) is 4.79 Å². The zero-order valence-electron chi connectivity index (χ0n) is 7.23. The fourth-order valence-electron chi connectivity index (χ4n) is 1.96. The number of thioether (sulfide) groups is 1. The predicted octanol–water partition coefficient (Wildman–Crippen LogP) is 0.379. The topological polar surface area (TPSA) is 46.3 Å². The molecule has 2 unspecified atom stereocenters. The summed E-state index contributed by atoms with van der Waals surface area (Å²) in [6.45, 7) is 0.900. The fraction of sp³-hybridized carbons (Fsp3) is 0.750. The van der Waals surface area contributed by atoms with E-state index < -0.39 is 0 Å². The van der Waals surface area contributed by atoms with Crippen LogP contribution in [0, 0.1) is 0 Å². The minimum Gasteiger partial charge on any atom is -0.393 e. The molecule has 2 atom stereocenters. The van der Waals surface area contributed by atoms with Crippen LogP contribution >= 0.6 is 24.0 Å². The van der Waals surface area contributed by atoms with E-state index in [1.54, 1.807) is 0 Å². The van der Waals surface area contributed by atoms with Gasteiger partial charge in [0.15, 0.2) is 0 Å². The van der Waals surface area contributed by atoms with Gasteiger partial charge in [0.2, 0.25) is 5.91 Å². The molecule has 2 rings (SSSR count). The summed E-state index contributed by atoms with van der Waals surface area (Å²) in [5, 5.41) is 0.667. The molecule has 2 saturated heterocycles. The Balaban J connectivity index is 1.95. The van der Waals surface area contributed by atoms with Crippen LogP contribution in [0.3, 0.4) is 0 Å². The van der Waals surface area contributed by atoms with Gasteiger partial charge in [-0.3, -0.25) is 4.79 Å². The maximum atomic E-state index is 11.6. The summed E-state index contributed by atoms with van der Waals surface area (Å²) in [7, 11) is 0. The Morgan fingerprint density at radius 2 is 2.46 bits per heavy atom. The van der Waals surface area contributed by atoms with E-state index in [4.69, 9.17) is 18.0 Å². The van der Waals surface area contributed by atoms with Crippen molar-refractivity contribution in [1.82, 2.24) is 4.90 Å². The maximum Gasteiger partial charge on any atom is 0.229 e. The number of carbonyl (C=O) groups is 1. The number of carbonyl (C=O) groups excluding carboxylic acids is 1. The molecular weight excluding hydrogens is 204 g/mol. The Labute approximate surface area is 87.0 Å². The van der Waals surface area contributed by atoms with E-state index in [0.717, 1.165) is 18.7 Å². The van der Waals surface area contributed by atoms with Gasteiger partial charge in [-0.2, -0.15) is 11.8 Å². The van der Waals surface area contributed by atoms with Gasteiger partial charge in [-0.25, -0.2) is 0 Å². The molecule has 0 saturated carbocycles. The van der Waals surface area contributed by atoms with Crippen LogP contribution < -0.4 is 5.73 Å². The lowest BCUT2D eigenvalue weighted by molar-refractivity contribution is -0.130.